The zero-order valence-corrected chi connectivity index (χ0v) is 11.1. The SMILES string of the molecule is C/C=C/CC/C(Br)=C(/Cl)c1ccccc1. The standard InChI is InChI=1S/C13H14BrCl/c1-2-3-5-10-12(14)13(15)11-8-6-4-7-9-11/h2-4,6-9H,5,10H2,1H3/b3-2+,13-12-. The molecule has 0 N–H and O–H groups in total. The molecule has 1 aromatic carbocycles. The number of rotatable bonds is 4. The van der Waals surface area contributed by atoms with Crippen LogP contribution in [-0.4, -0.2) is 0 Å². The maximum absolute atomic E-state index is 6.24. The van der Waals surface area contributed by atoms with Gasteiger partial charge in [-0.3, -0.25) is 0 Å². The second kappa shape index (κ2) is 6.86. The number of hydrogen-bond acceptors (Lipinski definition) is 0. The summed E-state index contributed by atoms with van der Waals surface area (Å²) in [6.07, 6.45) is 6.14. The summed E-state index contributed by atoms with van der Waals surface area (Å²) in [5.74, 6) is 0. The third-order valence-corrected chi connectivity index (χ3v) is 3.50. The predicted molar refractivity (Wildman–Crippen MR) is 72.2 cm³/mol. The first-order valence-corrected chi connectivity index (χ1v) is 6.13. The van der Waals surface area contributed by atoms with Gasteiger partial charge in [0.25, 0.3) is 0 Å². The molecule has 80 valence electrons. The largest absolute Gasteiger partial charge is 0.0917 e. The molecule has 0 aromatic heterocycles. The van der Waals surface area contributed by atoms with Gasteiger partial charge in [0.1, 0.15) is 0 Å². The molecule has 0 spiro atoms. The van der Waals surface area contributed by atoms with Crippen LogP contribution in [0.15, 0.2) is 47.0 Å². The van der Waals surface area contributed by atoms with E-state index in [1.807, 2.05) is 37.3 Å². The average molecular weight is 286 g/mol. The van der Waals surface area contributed by atoms with E-state index in [9.17, 15) is 0 Å². The summed E-state index contributed by atoms with van der Waals surface area (Å²) in [5, 5.41) is 0.806. The Morgan fingerprint density at radius 1 is 1.33 bits per heavy atom. The molecule has 0 unspecified atom stereocenters. The van der Waals surface area contributed by atoms with Crippen LogP contribution in [0.1, 0.15) is 25.3 Å². The topological polar surface area (TPSA) is 0 Å². The lowest BCUT2D eigenvalue weighted by Gasteiger charge is -2.03. The molecule has 0 fully saturated rings. The van der Waals surface area contributed by atoms with E-state index in [2.05, 4.69) is 28.1 Å². The fourth-order valence-electron chi connectivity index (χ4n) is 1.23. The van der Waals surface area contributed by atoms with Crippen LogP contribution in [-0.2, 0) is 0 Å². The van der Waals surface area contributed by atoms with E-state index in [1.165, 1.54) is 0 Å². The fourth-order valence-corrected chi connectivity index (χ4v) is 1.91. The maximum atomic E-state index is 6.24. The Balaban J connectivity index is 2.72. The Bertz CT molecular complexity index is 352. The smallest absolute Gasteiger partial charge is 0.0579 e. The van der Waals surface area contributed by atoms with Gasteiger partial charge in [-0.2, -0.15) is 0 Å². The van der Waals surface area contributed by atoms with Gasteiger partial charge in [0.05, 0.1) is 5.03 Å². The van der Waals surface area contributed by atoms with Crippen LogP contribution in [0.4, 0.5) is 0 Å². The van der Waals surface area contributed by atoms with Crippen molar-refractivity contribution in [3.8, 4) is 0 Å². The second-order valence-corrected chi connectivity index (χ2v) is 4.53. The van der Waals surface area contributed by atoms with Crippen molar-refractivity contribution in [2.24, 2.45) is 0 Å². The molecular weight excluding hydrogens is 272 g/mol. The molecule has 0 atom stereocenters. The van der Waals surface area contributed by atoms with E-state index in [0.29, 0.717) is 0 Å². The molecule has 0 bridgehead atoms. The van der Waals surface area contributed by atoms with Crippen LogP contribution in [0.5, 0.6) is 0 Å². The quantitative estimate of drug-likeness (QED) is 0.655. The zero-order chi connectivity index (χ0) is 11.1. The minimum Gasteiger partial charge on any atom is -0.0917 e. The molecule has 0 aliphatic heterocycles. The highest BCUT2D eigenvalue weighted by Gasteiger charge is 2.02. The van der Waals surface area contributed by atoms with Crippen molar-refractivity contribution < 1.29 is 0 Å². The monoisotopic (exact) mass is 284 g/mol. The van der Waals surface area contributed by atoms with Crippen molar-refractivity contribution in [3.63, 3.8) is 0 Å². The summed E-state index contributed by atoms with van der Waals surface area (Å²) in [7, 11) is 0. The van der Waals surface area contributed by atoms with Gasteiger partial charge in [-0.1, -0.05) is 70.0 Å². The summed E-state index contributed by atoms with van der Waals surface area (Å²) >= 11 is 9.77. The van der Waals surface area contributed by atoms with Crippen LogP contribution in [0.3, 0.4) is 0 Å². The van der Waals surface area contributed by atoms with E-state index in [-0.39, 0.29) is 0 Å². The Labute approximate surface area is 105 Å². The summed E-state index contributed by atoms with van der Waals surface area (Å²) in [6, 6.07) is 9.99. The Hall–Kier alpha value is -0.530. The van der Waals surface area contributed by atoms with Gasteiger partial charge in [0, 0.05) is 4.48 Å². The summed E-state index contributed by atoms with van der Waals surface area (Å²) in [6.45, 7) is 2.02. The van der Waals surface area contributed by atoms with Gasteiger partial charge in [0.15, 0.2) is 0 Å². The maximum Gasteiger partial charge on any atom is 0.0579 e. The van der Waals surface area contributed by atoms with Gasteiger partial charge in [-0.15, -0.1) is 0 Å². The predicted octanol–water partition coefficient (Wildman–Crippen LogP) is 5.35. The van der Waals surface area contributed by atoms with Crippen molar-refractivity contribution in [1.29, 1.82) is 0 Å². The number of halogens is 2. The Kier molecular flexibility index (Phi) is 5.74. The van der Waals surface area contributed by atoms with Crippen molar-refractivity contribution in [2.45, 2.75) is 19.8 Å². The molecular formula is C13H14BrCl. The molecule has 0 heterocycles. The Morgan fingerprint density at radius 3 is 2.60 bits per heavy atom. The van der Waals surface area contributed by atoms with Gasteiger partial charge in [0.2, 0.25) is 0 Å². The highest BCUT2D eigenvalue weighted by atomic mass is 79.9. The molecule has 1 rings (SSSR count). The first-order valence-electron chi connectivity index (χ1n) is 4.96. The van der Waals surface area contributed by atoms with E-state index in [1.54, 1.807) is 0 Å². The van der Waals surface area contributed by atoms with E-state index in [4.69, 9.17) is 11.6 Å². The lowest BCUT2D eigenvalue weighted by atomic mass is 10.2. The van der Waals surface area contributed by atoms with Gasteiger partial charge in [-0.05, 0) is 25.3 Å². The normalized spacial score (nSPS) is 13.0. The van der Waals surface area contributed by atoms with Crippen molar-refractivity contribution in [3.05, 3.63) is 52.5 Å². The summed E-state index contributed by atoms with van der Waals surface area (Å²) < 4.78 is 1.06. The Morgan fingerprint density at radius 2 is 2.00 bits per heavy atom. The van der Waals surface area contributed by atoms with Gasteiger partial charge >= 0.3 is 0 Å². The molecule has 0 amide bonds. The number of benzene rings is 1. The van der Waals surface area contributed by atoms with Crippen molar-refractivity contribution in [2.75, 3.05) is 0 Å². The number of allylic oxidation sites excluding steroid dienone is 3. The first-order chi connectivity index (χ1) is 7.25. The van der Waals surface area contributed by atoms with Crippen LogP contribution in [0, 0.1) is 0 Å². The zero-order valence-electron chi connectivity index (χ0n) is 8.71. The van der Waals surface area contributed by atoms with Gasteiger partial charge < -0.3 is 0 Å². The van der Waals surface area contributed by atoms with Gasteiger partial charge in [-0.25, -0.2) is 0 Å². The molecule has 1 aromatic rings. The number of hydrogen-bond donors (Lipinski definition) is 0. The van der Waals surface area contributed by atoms with Crippen LogP contribution in [0.2, 0.25) is 0 Å². The third kappa shape index (κ3) is 4.23. The molecule has 0 saturated heterocycles. The first kappa shape index (κ1) is 12.5. The van der Waals surface area contributed by atoms with Crippen molar-refractivity contribution >= 4 is 32.6 Å². The summed E-state index contributed by atoms with van der Waals surface area (Å²) in [4.78, 5) is 0. The second-order valence-electron chi connectivity index (χ2n) is 3.19. The lowest BCUT2D eigenvalue weighted by molar-refractivity contribution is 1.04. The fraction of sp³-hybridized carbons (Fsp3) is 0.231. The molecule has 0 radical (unpaired) electrons. The van der Waals surface area contributed by atoms with Crippen LogP contribution >= 0.6 is 27.5 Å². The minimum absolute atomic E-state index is 0.806. The average Bonchev–Trinajstić information content (AvgIpc) is 2.29. The van der Waals surface area contributed by atoms with E-state index in [0.717, 1.165) is 27.9 Å². The highest BCUT2D eigenvalue weighted by Crippen LogP contribution is 2.29. The van der Waals surface area contributed by atoms with Crippen LogP contribution in [0.25, 0.3) is 5.03 Å². The molecule has 0 saturated carbocycles. The lowest BCUT2D eigenvalue weighted by Crippen LogP contribution is -1.80. The molecule has 0 nitrogen and oxygen atoms in total. The van der Waals surface area contributed by atoms with E-state index >= 15 is 0 Å². The highest BCUT2D eigenvalue weighted by molar-refractivity contribution is 9.11. The third-order valence-electron chi connectivity index (χ3n) is 2.03. The minimum atomic E-state index is 0.806. The molecule has 2 heteroatoms. The van der Waals surface area contributed by atoms with Crippen LogP contribution < -0.4 is 0 Å². The molecule has 0 aliphatic rings. The summed E-state index contributed by atoms with van der Waals surface area (Å²) in [5.41, 5.74) is 1.06. The van der Waals surface area contributed by atoms with E-state index < -0.39 is 0 Å². The van der Waals surface area contributed by atoms with Crippen molar-refractivity contribution in [1.82, 2.24) is 0 Å². The molecule has 15 heavy (non-hydrogen) atoms. The molecule has 0 aliphatic carbocycles.